The van der Waals surface area contributed by atoms with Gasteiger partial charge in [0.2, 0.25) is 0 Å². The molecule has 1 N–H and O–H groups in total. The van der Waals surface area contributed by atoms with E-state index in [2.05, 4.69) is 10.3 Å². The van der Waals surface area contributed by atoms with Crippen molar-refractivity contribution >= 4 is 33.1 Å². The molecule has 3 aromatic rings. The predicted octanol–water partition coefficient (Wildman–Crippen LogP) is 4.88. The molecule has 0 aliphatic carbocycles. The Balaban J connectivity index is 1.91. The summed E-state index contributed by atoms with van der Waals surface area (Å²) in [6.45, 7) is 1.85. The van der Waals surface area contributed by atoms with E-state index in [0.717, 1.165) is 29.0 Å². The largest absolute Gasteiger partial charge is 0.416 e. The summed E-state index contributed by atoms with van der Waals surface area (Å²) in [4.78, 5) is 16.3. The molecule has 2 aromatic carbocycles. The number of carbonyl (C=O) groups is 1. The SMILES string of the molecule is Cc1ccccc1NC(=O)c1nc2cc(C(F)(F)F)ccc2s1. The summed E-state index contributed by atoms with van der Waals surface area (Å²) in [5.74, 6) is -0.436. The van der Waals surface area contributed by atoms with Crippen LogP contribution in [0.3, 0.4) is 0 Å². The van der Waals surface area contributed by atoms with E-state index in [-0.39, 0.29) is 10.5 Å². The van der Waals surface area contributed by atoms with Crippen molar-refractivity contribution in [2.45, 2.75) is 13.1 Å². The van der Waals surface area contributed by atoms with Crippen LogP contribution in [0.2, 0.25) is 0 Å². The van der Waals surface area contributed by atoms with Gasteiger partial charge in [0.15, 0.2) is 5.01 Å². The third-order valence-electron chi connectivity index (χ3n) is 3.30. The molecule has 3 nitrogen and oxygen atoms in total. The lowest BCUT2D eigenvalue weighted by molar-refractivity contribution is -0.137. The first-order valence-corrected chi connectivity index (χ1v) is 7.51. The highest BCUT2D eigenvalue weighted by molar-refractivity contribution is 7.20. The number of anilines is 1. The second-order valence-electron chi connectivity index (χ2n) is 4.97. The average molecular weight is 336 g/mol. The van der Waals surface area contributed by atoms with Gasteiger partial charge in [-0.3, -0.25) is 4.79 Å². The summed E-state index contributed by atoms with van der Waals surface area (Å²) in [7, 11) is 0. The van der Waals surface area contributed by atoms with Gasteiger partial charge in [0, 0.05) is 5.69 Å². The van der Waals surface area contributed by atoms with Gasteiger partial charge in [0.25, 0.3) is 5.91 Å². The quantitative estimate of drug-likeness (QED) is 0.725. The molecular weight excluding hydrogens is 325 g/mol. The van der Waals surface area contributed by atoms with Crippen molar-refractivity contribution < 1.29 is 18.0 Å². The molecule has 7 heteroatoms. The first-order valence-electron chi connectivity index (χ1n) is 6.69. The van der Waals surface area contributed by atoms with Crippen LogP contribution in [0.25, 0.3) is 10.2 Å². The molecule has 0 unspecified atom stereocenters. The zero-order chi connectivity index (χ0) is 16.6. The predicted molar refractivity (Wildman–Crippen MR) is 83.8 cm³/mol. The van der Waals surface area contributed by atoms with Crippen molar-refractivity contribution in [2.75, 3.05) is 5.32 Å². The molecule has 1 heterocycles. The highest BCUT2D eigenvalue weighted by Gasteiger charge is 2.31. The minimum absolute atomic E-state index is 0.127. The minimum atomic E-state index is -4.43. The number of alkyl halides is 3. The maximum absolute atomic E-state index is 12.7. The molecule has 0 radical (unpaired) electrons. The van der Waals surface area contributed by atoms with E-state index >= 15 is 0 Å². The molecule has 0 aliphatic rings. The number of thiazole rings is 1. The van der Waals surface area contributed by atoms with Crippen LogP contribution in [-0.4, -0.2) is 10.9 Å². The second kappa shape index (κ2) is 5.66. The number of hydrogen-bond donors (Lipinski definition) is 1. The van der Waals surface area contributed by atoms with Crippen LogP contribution in [-0.2, 0) is 6.18 Å². The Kier molecular flexibility index (Phi) is 3.81. The van der Waals surface area contributed by atoms with E-state index in [1.54, 1.807) is 12.1 Å². The molecule has 118 valence electrons. The molecule has 0 atom stereocenters. The standard InChI is InChI=1S/C16H11F3N2OS/c1-9-4-2-3-5-11(9)20-14(22)15-21-12-8-10(16(17,18)19)6-7-13(12)23-15/h2-8H,1H3,(H,20,22). The summed E-state index contributed by atoms with van der Waals surface area (Å²) in [5.41, 5.74) is 0.926. The maximum atomic E-state index is 12.7. The van der Waals surface area contributed by atoms with E-state index in [4.69, 9.17) is 0 Å². The Hall–Kier alpha value is -2.41. The summed E-state index contributed by atoms with van der Waals surface area (Å²) in [6, 6.07) is 10.5. The summed E-state index contributed by atoms with van der Waals surface area (Å²) in [5, 5.41) is 2.85. The number of hydrogen-bond acceptors (Lipinski definition) is 3. The number of benzene rings is 2. The number of carbonyl (C=O) groups excluding carboxylic acids is 1. The topological polar surface area (TPSA) is 42.0 Å². The normalized spacial score (nSPS) is 11.7. The monoisotopic (exact) mass is 336 g/mol. The van der Waals surface area contributed by atoms with Crippen molar-refractivity contribution in [1.29, 1.82) is 0 Å². The Labute approximate surface area is 133 Å². The molecule has 1 amide bonds. The van der Waals surface area contributed by atoms with Crippen molar-refractivity contribution in [1.82, 2.24) is 4.98 Å². The van der Waals surface area contributed by atoms with Gasteiger partial charge in [-0.2, -0.15) is 13.2 Å². The third-order valence-corrected chi connectivity index (χ3v) is 4.34. The lowest BCUT2D eigenvalue weighted by Gasteiger charge is -2.05. The fourth-order valence-corrected chi connectivity index (χ4v) is 2.93. The minimum Gasteiger partial charge on any atom is -0.320 e. The average Bonchev–Trinajstić information content (AvgIpc) is 2.92. The highest BCUT2D eigenvalue weighted by Crippen LogP contribution is 2.33. The molecule has 0 saturated carbocycles. The van der Waals surface area contributed by atoms with E-state index in [1.165, 1.54) is 6.07 Å². The van der Waals surface area contributed by atoms with Crippen LogP contribution in [0, 0.1) is 6.92 Å². The molecule has 0 bridgehead atoms. The van der Waals surface area contributed by atoms with Crippen LogP contribution in [0.1, 0.15) is 20.9 Å². The van der Waals surface area contributed by atoms with Crippen LogP contribution in [0.15, 0.2) is 42.5 Å². The number of aromatic nitrogens is 1. The molecule has 0 spiro atoms. The number of halogens is 3. The molecule has 1 aromatic heterocycles. The fraction of sp³-hybridized carbons (Fsp3) is 0.125. The summed E-state index contributed by atoms with van der Waals surface area (Å²) >= 11 is 1.06. The number of para-hydroxylation sites is 1. The Morgan fingerprint density at radius 1 is 1.17 bits per heavy atom. The van der Waals surface area contributed by atoms with Gasteiger partial charge in [-0.25, -0.2) is 4.98 Å². The van der Waals surface area contributed by atoms with Crippen LogP contribution >= 0.6 is 11.3 Å². The molecule has 3 rings (SSSR count). The van der Waals surface area contributed by atoms with Crippen LogP contribution in [0.4, 0.5) is 18.9 Å². The zero-order valence-electron chi connectivity index (χ0n) is 11.9. The lowest BCUT2D eigenvalue weighted by atomic mass is 10.2. The van der Waals surface area contributed by atoms with Crippen molar-refractivity contribution in [3.05, 3.63) is 58.6 Å². The Morgan fingerprint density at radius 3 is 2.61 bits per heavy atom. The van der Waals surface area contributed by atoms with E-state index in [1.807, 2.05) is 19.1 Å². The number of nitrogens with one attached hydrogen (secondary N) is 1. The number of nitrogens with zero attached hydrogens (tertiary/aromatic N) is 1. The van der Waals surface area contributed by atoms with Crippen molar-refractivity contribution in [3.63, 3.8) is 0 Å². The molecule has 0 aliphatic heterocycles. The van der Waals surface area contributed by atoms with Gasteiger partial charge in [-0.1, -0.05) is 18.2 Å². The Bertz CT molecular complexity index is 886. The van der Waals surface area contributed by atoms with Crippen LogP contribution < -0.4 is 5.32 Å². The molecule has 0 fully saturated rings. The molecule has 0 saturated heterocycles. The van der Waals surface area contributed by atoms with Crippen molar-refractivity contribution in [3.8, 4) is 0 Å². The smallest absolute Gasteiger partial charge is 0.320 e. The van der Waals surface area contributed by atoms with Crippen LogP contribution in [0.5, 0.6) is 0 Å². The zero-order valence-corrected chi connectivity index (χ0v) is 12.8. The van der Waals surface area contributed by atoms with E-state index in [0.29, 0.717) is 10.4 Å². The van der Waals surface area contributed by atoms with E-state index < -0.39 is 17.6 Å². The summed E-state index contributed by atoms with van der Waals surface area (Å²) < 4.78 is 38.7. The fourth-order valence-electron chi connectivity index (χ4n) is 2.09. The lowest BCUT2D eigenvalue weighted by Crippen LogP contribution is -2.12. The molecule has 23 heavy (non-hydrogen) atoms. The van der Waals surface area contributed by atoms with Gasteiger partial charge < -0.3 is 5.32 Å². The number of amides is 1. The number of aryl methyl sites for hydroxylation is 1. The van der Waals surface area contributed by atoms with Gasteiger partial charge >= 0.3 is 6.18 Å². The van der Waals surface area contributed by atoms with E-state index in [9.17, 15) is 18.0 Å². The van der Waals surface area contributed by atoms with Gasteiger partial charge in [0.1, 0.15) is 0 Å². The number of rotatable bonds is 2. The van der Waals surface area contributed by atoms with Gasteiger partial charge in [0.05, 0.1) is 15.8 Å². The first-order chi connectivity index (χ1) is 10.8. The maximum Gasteiger partial charge on any atom is 0.416 e. The van der Waals surface area contributed by atoms with Gasteiger partial charge in [-0.15, -0.1) is 11.3 Å². The van der Waals surface area contributed by atoms with Crippen molar-refractivity contribution in [2.24, 2.45) is 0 Å². The highest BCUT2D eigenvalue weighted by atomic mass is 32.1. The van der Waals surface area contributed by atoms with Gasteiger partial charge in [-0.05, 0) is 36.8 Å². The Morgan fingerprint density at radius 2 is 1.91 bits per heavy atom. The second-order valence-corrected chi connectivity index (χ2v) is 6.00. The third kappa shape index (κ3) is 3.19. The molecular formula is C16H11F3N2OS. The number of fused-ring (bicyclic) bond motifs is 1. The summed E-state index contributed by atoms with van der Waals surface area (Å²) in [6.07, 6.45) is -4.43. The first kappa shape index (κ1) is 15.5.